The number of nitrogens with zero attached hydrogens (tertiary/aromatic N) is 1. The summed E-state index contributed by atoms with van der Waals surface area (Å²) in [6, 6.07) is 15.5. The number of rotatable bonds is 6. The molecule has 4 heteroatoms. The molecule has 0 radical (unpaired) electrons. The Morgan fingerprint density at radius 3 is 2.78 bits per heavy atom. The topological polar surface area (TPSA) is 55.1 Å². The minimum atomic E-state index is -0.0682. The SMILES string of the molecule is CCCCNC(=O)c1ccc2nc(Cc3ccccc3)oc2c1. The van der Waals surface area contributed by atoms with E-state index in [1.165, 1.54) is 0 Å². The second kappa shape index (κ2) is 7.09. The molecule has 0 fully saturated rings. The minimum Gasteiger partial charge on any atom is -0.440 e. The third kappa shape index (κ3) is 3.77. The van der Waals surface area contributed by atoms with Crippen LogP contribution >= 0.6 is 0 Å². The first-order valence-corrected chi connectivity index (χ1v) is 7.98. The van der Waals surface area contributed by atoms with Crippen molar-refractivity contribution in [2.75, 3.05) is 6.54 Å². The second-order valence-corrected chi connectivity index (χ2v) is 5.56. The predicted molar refractivity (Wildman–Crippen MR) is 90.5 cm³/mol. The van der Waals surface area contributed by atoms with Crippen molar-refractivity contribution in [2.24, 2.45) is 0 Å². The molecule has 4 nitrogen and oxygen atoms in total. The van der Waals surface area contributed by atoms with Gasteiger partial charge in [-0.05, 0) is 30.2 Å². The van der Waals surface area contributed by atoms with E-state index in [2.05, 4.69) is 17.2 Å². The largest absolute Gasteiger partial charge is 0.440 e. The van der Waals surface area contributed by atoms with E-state index in [1.54, 1.807) is 12.1 Å². The van der Waals surface area contributed by atoms with Crippen molar-refractivity contribution in [3.05, 3.63) is 65.5 Å². The Labute approximate surface area is 135 Å². The summed E-state index contributed by atoms with van der Waals surface area (Å²) in [5.41, 5.74) is 3.19. The van der Waals surface area contributed by atoms with Crippen molar-refractivity contribution >= 4 is 17.0 Å². The molecule has 0 aliphatic rings. The van der Waals surface area contributed by atoms with Crippen LogP contribution in [0.5, 0.6) is 0 Å². The van der Waals surface area contributed by atoms with Gasteiger partial charge in [0.05, 0.1) is 0 Å². The number of fused-ring (bicyclic) bond motifs is 1. The number of oxazole rings is 1. The van der Waals surface area contributed by atoms with E-state index in [9.17, 15) is 4.79 Å². The Morgan fingerprint density at radius 2 is 2.00 bits per heavy atom. The first kappa shape index (κ1) is 15.3. The fraction of sp³-hybridized carbons (Fsp3) is 0.263. The highest BCUT2D eigenvalue weighted by molar-refractivity contribution is 5.96. The average Bonchev–Trinajstić information content (AvgIpc) is 2.97. The monoisotopic (exact) mass is 308 g/mol. The Kier molecular flexibility index (Phi) is 4.71. The molecule has 0 bridgehead atoms. The van der Waals surface area contributed by atoms with Crippen LogP contribution in [0, 0.1) is 0 Å². The molecule has 1 N–H and O–H groups in total. The molecule has 0 atom stereocenters. The van der Waals surface area contributed by atoms with E-state index in [0.717, 1.165) is 23.9 Å². The van der Waals surface area contributed by atoms with Gasteiger partial charge >= 0.3 is 0 Å². The maximum Gasteiger partial charge on any atom is 0.251 e. The van der Waals surface area contributed by atoms with Gasteiger partial charge in [0.15, 0.2) is 11.5 Å². The number of amides is 1. The molecule has 118 valence electrons. The van der Waals surface area contributed by atoms with Gasteiger partial charge in [-0.2, -0.15) is 0 Å². The summed E-state index contributed by atoms with van der Waals surface area (Å²) in [5.74, 6) is 0.594. The van der Waals surface area contributed by atoms with Gasteiger partial charge in [0, 0.05) is 18.5 Å². The molecule has 0 saturated carbocycles. The van der Waals surface area contributed by atoms with Crippen molar-refractivity contribution in [3.63, 3.8) is 0 Å². The molecule has 1 amide bonds. The van der Waals surface area contributed by atoms with Crippen LogP contribution in [0.2, 0.25) is 0 Å². The summed E-state index contributed by atoms with van der Waals surface area (Å²) < 4.78 is 5.80. The molecule has 0 spiro atoms. The lowest BCUT2D eigenvalue weighted by Crippen LogP contribution is -2.24. The van der Waals surface area contributed by atoms with E-state index in [4.69, 9.17) is 4.42 Å². The van der Waals surface area contributed by atoms with Gasteiger partial charge in [0.2, 0.25) is 0 Å². The summed E-state index contributed by atoms with van der Waals surface area (Å²) in [7, 11) is 0. The average molecular weight is 308 g/mol. The van der Waals surface area contributed by atoms with E-state index in [1.807, 2.05) is 36.4 Å². The number of benzene rings is 2. The van der Waals surface area contributed by atoms with Crippen LogP contribution in [0.1, 0.15) is 41.6 Å². The number of hydrogen-bond donors (Lipinski definition) is 1. The molecular formula is C19H20N2O2. The third-order valence-electron chi connectivity index (χ3n) is 3.71. The minimum absolute atomic E-state index is 0.0682. The first-order valence-electron chi connectivity index (χ1n) is 7.98. The number of carbonyl (C=O) groups excluding carboxylic acids is 1. The maximum atomic E-state index is 12.1. The molecule has 1 heterocycles. The van der Waals surface area contributed by atoms with E-state index < -0.39 is 0 Å². The standard InChI is InChI=1S/C19H20N2O2/c1-2-3-11-20-19(22)15-9-10-16-17(13-15)23-18(21-16)12-14-7-5-4-6-8-14/h4-10,13H,2-3,11-12H2,1H3,(H,20,22). The number of hydrogen-bond acceptors (Lipinski definition) is 3. The summed E-state index contributed by atoms with van der Waals surface area (Å²) in [5, 5.41) is 2.91. The van der Waals surface area contributed by atoms with Crippen LogP contribution in [0.4, 0.5) is 0 Å². The van der Waals surface area contributed by atoms with Crippen LogP contribution in [-0.2, 0) is 6.42 Å². The van der Waals surface area contributed by atoms with Crippen LogP contribution < -0.4 is 5.32 Å². The van der Waals surface area contributed by atoms with E-state index >= 15 is 0 Å². The maximum absolute atomic E-state index is 12.1. The quantitative estimate of drug-likeness (QED) is 0.702. The smallest absolute Gasteiger partial charge is 0.251 e. The molecule has 1 aromatic heterocycles. The number of carbonyl (C=O) groups is 1. The van der Waals surface area contributed by atoms with Crippen LogP contribution in [0.3, 0.4) is 0 Å². The van der Waals surface area contributed by atoms with Crippen molar-refractivity contribution in [1.29, 1.82) is 0 Å². The van der Waals surface area contributed by atoms with E-state index in [-0.39, 0.29) is 5.91 Å². The molecule has 0 aliphatic carbocycles. The Morgan fingerprint density at radius 1 is 1.17 bits per heavy atom. The lowest BCUT2D eigenvalue weighted by molar-refractivity contribution is 0.0953. The fourth-order valence-corrected chi connectivity index (χ4v) is 2.44. The predicted octanol–water partition coefficient (Wildman–Crippen LogP) is 3.95. The number of aromatic nitrogens is 1. The normalized spacial score (nSPS) is 10.8. The molecule has 0 aliphatic heterocycles. The molecule has 3 rings (SSSR count). The summed E-state index contributed by atoms with van der Waals surface area (Å²) in [6.45, 7) is 2.80. The molecule has 2 aromatic carbocycles. The van der Waals surface area contributed by atoms with Crippen molar-refractivity contribution < 1.29 is 9.21 Å². The van der Waals surface area contributed by atoms with Gasteiger partial charge in [0.25, 0.3) is 5.91 Å². The van der Waals surface area contributed by atoms with Crippen molar-refractivity contribution in [3.8, 4) is 0 Å². The molecule has 0 saturated heterocycles. The zero-order valence-corrected chi connectivity index (χ0v) is 13.2. The van der Waals surface area contributed by atoms with Gasteiger partial charge < -0.3 is 9.73 Å². The highest BCUT2D eigenvalue weighted by Crippen LogP contribution is 2.19. The zero-order chi connectivity index (χ0) is 16.1. The van der Waals surface area contributed by atoms with Crippen molar-refractivity contribution in [1.82, 2.24) is 10.3 Å². The molecular weight excluding hydrogens is 288 g/mol. The summed E-state index contributed by atoms with van der Waals surface area (Å²) >= 11 is 0. The van der Waals surface area contributed by atoms with Crippen LogP contribution in [0.15, 0.2) is 52.9 Å². The van der Waals surface area contributed by atoms with Crippen molar-refractivity contribution in [2.45, 2.75) is 26.2 Å². The lowest BCUT2D eigenvalue weighted by atomic mass is 10.1. The Hall–Kier alpha value is -2.62. The van der Waals surface area contributed by atoms with Gasteiger partial charge in [-0.15, -0.1) is 0 Å². The highest BCUT2D eigenvalue weighted by atomic mass is 16.3. The summed E-state index contributed by atoms with van der Waals surface area (Å²) in [4.78, 5) is 16.6. The second-order valence-electron chi connectivity index (χ2n) is 5.56. The van der Waals surface area contributed by atoms with E-state index in [0.29, 0.717) is 30.0 Å². The van der Waals surface area contributed by atoms with Crippen LogP contribution in [-0.4, -0.2) is 17.4 Å². The summed E-state index contributed by atoms with van der Waals surface area (Å²) in [6.07, 6.45) is 2.69. The number of nitrogens with one attached hydrogen (secondary N) is 1. The third-order valence-corrected chi connectivity index (χ3v) is 3.71. The zero-order valence-electron chi connectivity index (χ0n) is 13.2. The van der Waals surface area contributed by atoms with Gasteiger partial charge in [-0.3, -0.25) is 4.79 Å². The first-order chi connectivity index (χ1) is 11.3. The highest BCUT2D eigenvalue weighted by Gasteiger charge is 2.10. The Bertz CT molecular complexity index is 793. The molecule has 0 unspecified atom stereocenters. The lowest BCUT2D eigenvalue weighted by Gasteiger charge is -2.03. The van der Waals surface area contributed by atoms with Gasteiger partial charge in [-0.25, -0.2) is 4.98 Å². The van der Waals surface area contributed by atoms with Gasteiger partial charge in [0.1, 0.15) is 5.52 Å². The Balaban J connectivity index is 1.76. The van der Waals surface area contributed by atoms with Gasteiger partial charge in [-0.1, -0.05) is 43.7 Å². The molecule has 3 aromatic rings. The van der Waals surface area contributed by atoms with Crippen LogP contribution in [0.25, 0.3) is 11.1 Å². The molecule has 23 heavy (non-hydrogen) atoms. The number of unbranched alkanes of at least 4 members (excludes halogenated alkanes) is 1. The fourth-order valence-electron chi connectivity index (χ4n) is 2.44.